The Hall–Kier alpha value is -0.650. The third-order valence-electron chi connectivity index (χ3n) is 2.30. The van der Waals surface area contributed by atoms with E-state index in [-0.39, 0.29) is 17.4 Å². The van der Waals surface area contributed by atoms with Crippen molar-refractivity contribution in [3.8, 4) is 0 Å². The number of nitrogens with one attached hydrogen (secondary N) is 1. The maximum Gasteiger partial charge on any atom is 0.248 e. The number of carbonyl (C=O) groups excluding carboxylic acids is 1. The summed E-state index contributed by atoms with van der Waals surface area (Å²) in [5.41, 5.74) is 2.72. The molecule has 0 aromatic carbocycles. The van der Waals surface area contributed by atoms with Gasteiger partial charge < -0.3 is 0 Å². The van der Waals surface area contributed by atoms with E-state index in [9.17, 15) is 4.79 Å². The van der Waals surface area contributed by atoms with Crippen LogP contribution in [0.1, 0.15) is 40.5 Å². The van der Waals surface area contributed by atoms with Gasteiger partial charge in [0.15, 0.2) is 0 Å². The minimum atomic E-state index is -0.183. The monoisotopic (exact) mass is 246 g/mol. The molecule has 0 aliphatic rings. The van der Waals surface area contributed by atoms with Crippen LogP contribution in [0.15, 0.2) is 0 Å². The highest BCUT2D eigenvalue weighted by atomic mass is 16.7. The summed E-state index contributed by atoms with van der Waals surface area (Å²) < 4.78 is 0. The molecule has 0 radical (unpaired) electrons. The van der Waals surface area contributed by atoms with Crippen molar-refractivity contribution < 1.29 is 14.5 Å². The average Bonchev–Trinajstić information content (AvgIpc) is 2.24. The van der Waals surface area contributed by atoms with Crippen LogP contribution >= 0.6 is 0 Å². The van der Waals surface area contributed by atoms with Gasteiger partial charge >= 0.3 is 0 Å². The van der Waals surface area contributed by atoms with Gasteiger partial charge in [0.2, 0.25) is 5.91 Å². The molecule has 0 bridgehead atoms. The summed E-state index contributed by atoms with van der Waals surface area (Å²) in [6, 6.07) is 0. The Morgan fingerprint density at radius 2 is 2.00 bits per heavy atom. The molecule has 0 aromatic rings. The molecule has 0 saturated heterocycles. The maximum absolute atomic E-state index is 11.6. The number of hydroxylamine groups is 3. The van der Waals surface area contributed by atoms with E-state index in [2.05, 4.69) is 5.48 Å². The molecule has 1 N–H and O–H groups in total. The van der Waals surface area contributed by atoms with E-state index >= 15 is 0 Å². The molecule has 0 spiro atoms. The molecule has 0 rings (SSSR count). The highest BCUT2D eigenvalue weighted by Crippen LogP contribution is 2.09. The average molecular weight is 246 g/mol. The van der Waals surface area contributed by atoms with Crippen LogP contribution in [-0.4, -0.2) is 37.3 Å². The molecule has 0 aliphatic carbocycles. The number of rotatable bonds is 7. The zero-order valence-electron chi connectivity index (χ0n) is 11.9. The first kappa shape index (κ1) is 16.4. The van der Waals surface area contributed by atoms with Gasteiger partial charge in [-0.3, -0.25) is 14.5 Å². The Bertz CT molecular complexity index is 226. The largest absolute Gasteiger partial charge is 0.296 e. The normalized spacial score (nSPS) is 13.5. The second-order valence-electron chi connectivity index (χ2n) is 5.17. The zero-order valence-corrected chi connectivity index (χ0v) is 11.9. The quantitative estimate of drug-likeness (QED) is 0.549. The molecule has 1 unspecified atom stereocenters. The fourth-order valence-electron chi connectivity index (χ4n) is 1.27. The van der Waals surface area contributed by atoms with Gasteiger partial charge in [-0.1, -0.05) is 6.92 Å². The van der Waals surface area contributed by atoms with Crippen molar-refractivity contribution in [2.45, 2.75) is 46.1 Å². The van der Waals surface area contributed by atoms with Crippen LogP contribution in [0.5, 0.6) is 0 Å². The molecule has 0 heterocycles. The van der Waals surface area contributed by atoms with Gasteiger partial charge in [-0.25, -0.2) is 10.5 Å². The maximum atomic E-state index is 11.6. The van der Waals surface area contributed by atoms with Crippen LogP contribution in [0.3, 0.4) is 0 Å². The predicted octanol–water partition coefficient (Wildman–Crippen LogP) is 1.74. The van der Waals surface area contributed by atoms with Crippen molar-refractivity contribution in [3.63, 3.8) is 0 Å². The van der Waals surface area contributed by atoms with Gasteiger partial charge in [0.1, 0.15) is 0 Å². The van der Waals surface area contributed by atoms with E-state index in [0.29, 0.717) is 0 Å². The molecule has 1 amide bonds. The number of carbonyl (C=O) groups is 1. The van der Waals surface area contributed by atoms with Gasteiger partial charge in [-0.2, -0.15) is 0 Å². The lowest BCUT2D eigenvalue weighted by atomic mass is 10.1. The van der Waals surface area contributed by atoms with E-state index in [0.717, 1.165) is 19.4 Å². The molecule has 0 aromatic heterocycles. The highest BCUT2D eigenvalue weighted by Gasteiger charge is 2.17. The van der Waals surface area contributed by atoms with Crippen molar-refractivity contribution in [1.29, 1.82) is 0 Å². The van der Waals surface area contributed by atoms with Crippen molar-refractivity contribution in [3.05, 3.63) is 0 Å². The third kappa shape index (κ3) is 8.12. The van der Waals surface area contributed by atoms with Crippen LogP contribution in [0, 0.1) is 5.92 Å². The summed E-state index contributed by atoms with van der Waals surface area (Å²) >= 11 is 0. The number of amides is 1. The summed E-state index contributed by atoms with van der Waals surface area (Å²) in [5, 5.41) is 1.27. The molecular formula is C12H26N2O3. The number of hydrogen-bond acceptors (Lipinski definition) is 4. The molecule has 0 saturated carbocycles. The SMILES string of the molecule is CON(C)C(=O)C(C)CCCNOC(C)(C)C. The fourth-order valence-corrected chi connectivity index (χ4v) is 1.27. The molecule has 5 heteroatoms. The fraction of sp³-hybridized carbons (Fsp3) is 0.917. The Morgan fingerprint density at radius 3 is 2.47 bits per heavy atom. The summed E-state index contributed by atoms with van der Waals surface area (Å²) in [7, 11) is 3.11. The van der Waals surface area contributed by atoms with E-state index in [1.807, 2.05) is 27.7 Å². The van der Waals surface area contributed by atoms with Gasteiger partial charge in [0, 0.05) is 19.5 Å². The van der Waals surface area contributed by atoms with Gasteiger partial charge in [-0.15, -0.1) is 0 Å². The second-order valence-corrected chi connectivity index (χ2v) is 5.17. The van der Waals surface area contributed by atoms with Crippen molar-refractivity contribution in [1.82, 2.24) is 10.5 Å². The van der Waals surface area contributed by atoms with Crippen LogP contribution in [0.2, 0.25) is 0 Å². The topological polar surface area (TPSA) is 50.8 Å². The highest BCUT2D eigenvalue weighted by molar-refractivity contribution is 5.77. The Balaban J connectivity index is 3.65. The minimum absolute atomic E-state index is 0.00393. The Morgan fingerprint density at radius 1 is 1.41 bits per heavy atom. The predicted molar refractivity (Wildman–Crippen MR) is 67.0 cm³/mol. The molecule has 5 nitrogen and oxygen atoms in total. The third-order valence-corrected chi connectivity index (χ3v) is 2.30. The van der Waals surface area contributed by atoms with Crippen LogP contribution in [0.4, 0.5) is 0 Å². The standard InChI is InChI=1S/C12H26N2O3/c1-10(11(15)14(5)16-6)8-7-9-13-17-12(2,3)4/h10,13H,7-9H2,1-6H3. The first-order valence-corrected chi connectivity index (χ1v) is 6.00. The lowest BCUT2D eigenvalue weighted by molar-refractivity contribution is -0.173. The van der Waals surface area contributed by atoms with Crippen molar-refractivity contribution in [2.75, 3.05) is 20.7 Å². The number of nitrogens with zero attached hydrogens (tertiary/aromatic N) is 1. The van der Waals surface area contributed by atoms with Gasteiger partial charge in [0.05, 0.1) is 12.7 Å². The van der Waals surface area contributed by atoms with Crippen LogP contribution < -0.4 is 5.48 Å². The summed E-state index contributed by atoms with van der Waals surface area (Å²) in [6.07, 6.45) is 1.70. The zero-order chi connectivity index (χ0) is 13.5. The lowest BCUT2D eigenvalue weighted by Crippen LogP contribution is -2.32. The minimum Gasteiger partial charge on any atom is -0.296 e. The first-order valence-electron chi connectivity index (χ1n) is 6.00. The molecule has 0 fully saturated rings. The summed E-state index contributed by atoms with van der Waals surface area (Å²) in [5.74, 6) is -0.0272. The summed E-state index contributed by atoms with van der Waals surface area (Å²) in [4.78, 5) is 21.9. The molecule has 17 heavy (non-hydrogen) atoms. The molecule has 0 aliphatic heterocycles. The lowest BCUT2D eigenvalue weighted by Gasteiger charge is -2.20. The Labute approximate surface area is 104 Å². The molecular weight excluding hydrogens is 220 g/mol. The van der Waals surface area contributed by atoms with E-state index in [4.69, 9.17) is 9.68 Å². The van der Waals surface area contributed by atoms with Gasteiger partial charge in [-0.05, 0) is 33.6 Å². The van der Waals surface area contributed by atoms with E-state index in [1.165, 1.54) is 12.2 Å². The smallest absolute Gasteiger partial charge is 0.248 e. The van der Waals surface area contributed by atoms with Crippen molar-refractivity contribution in [2.24, 2.45) is 5.92 Å². The Kier molecular flexibility index (Phi) is 7.34. The first-order chi connectivity index (χ1) is 7.78. The van der Waals surface area contributed by atoms with Crippen molar-refractivity contribution >= 4 is 5.91 Å². The second kappa shape index (κ2) is 7.63. The van der Waals surface area contributed by atoms with E-state index < -0.39 is 0 Å². The number of hydrogen-bond donors (Lipinski definition) is 1. The van der Waals surface area contributed by atoms with Crippen LogP contribution in [-0.2, 0) is 14.5 Å². The molecule has 102 valence electrons. The summed E-state index contributed by atoms with van der Waals surface area (Å²) in [6.45, 7) is 8.60. The van der Waals surface area contributed by atoms with Crippen LogP contribution in [0.25, 0.3) is 0 Å². The molecule has 1 atom stereocenters. The van der Waals surface area contributed by atoms with E-state index in [1.54, 1.807) is 7.05 Å². The van der Waals surface area contributed by atoms with Gasteiger partial charge in [0.25, 0.3) is 0 Å².